The molecule has 0 aliphatic heterocycles. The maximum atomic E-state index is 12.5. The SMILES string of the molecule is Cc1cccc(CSc2ncc(Cl)c(C(=O)N[C@H](CC(C)C)C(=O)O)n2)c1. The molecule has 1 heterocycles. The number of aryl methyl sites for hydroxylation is 1. The number of carboxylic acids is 1. The van der Waals surface area contributed by atoms with Crippen LogP contribution in [0.15, 0.2) is 35.6 Å². The van der Waals surface area contributed by atoms with Crippen LogP contribution in [0.5, 0.6) is 0 Å². The van der Waals surface area contributed by atoms with Crippen molar-refractivity contribution in [3.63, 3.8) is 0 Å². The molecule has 0 radical (unpaired) electrons. The van der Waals surface area contributed by atoms with Crippen molar-refractivity contribution in [2.75, 3.05) is 0 Å². The smallest absolute Gasteiger partial charge is 0.326 e. The van der Waals surface area contributed by atoms with Gasteiger partial charge in [-0.2, -0.15) is 0 Å². The zero-order valence-corrected chi connectivity index (χ0v) is 17.0. The lowest BCUT2D eigenvalue weighted by atomic mass is 10.0. The third-order valence-corrected chi connectivity index (χ3v) is 4.91. The van der Waals surface area contributed by atoms with Crippen molar-refractivity contribution in [3.05, 3.63) is 52.3 Å². The Bertz CT molecular complexity index is 830. The fourth-order valence-electron chi connectivity index (χ4n) is 2.45. The predicted molar refractivity (Wildman–Crippen MR) is 106 cm³/mol. The minimum atomic E-state index is -1.09. The topological polar surface area (TPSA) is 92.2 Å². The Morgan fingerprint density at radius 2 is 2.07 bits per heavy atom. The van der Waals surface area contributed by atoms with Gasteiger partial charge in [0, 0.05) is 5.75 Å². The van der Waals surface area contributed by atoms with E-state index >= 15 is 0 Å². The number of hydrogen-bond acceptors (Lipinski definition) is 5. The molecule has 144 valence electrons. The second-order valence-electron chi connectivity index (χ2n) is 6.62. The number of halogens is 1. The molecule has 0 aliphatic carbocycles. The number of nitrogens with one attached hydrogen (secondary N) is 1. The second kappa shape index (κ2) is 9.71. The van der Waals surface area contributed by atoms with E-state index in [0.29, 0.717) is 17.3 Å². The average Bonchev–Trinajstić information content (AvgIpc) is 2.60. The summed E-state index contributed by atoms with van der Waals surface area (Å²) in [4.78, 5) is 32.2. The Morgan fingerprint density at radius 3 is 2.70 bits per heavy atom. The monoisotopic (exact) mass is 407 g/mol. The number of thioether (sulfide) groups is 1. The van der Waals surface area contributed by atoms with Gasteiger partial charge in [-0.3, -0.25) is 4.79 Å². The minimum Gasteiger partial charge on any atom is -0.480 e. The summed E-state index contributed by atoms with van der Waals surface area (Å²) >= 11 is 7.44. The molecule has 0 saturated heterocycles. The van der Waals surface area contributed by atoms with E-state index in [1.165, 1.54) is 18.0 Å². The van der Waals surface area contributed by atoms with E-state index in [4.69, 9.17) is 11.6 Å². The number of carbonyl (C=O) groups is 2. The van der Waals surface area contributed by atoms with Gasteiger partial charge in [0.05, 0.1) is 11.2 Å². The summed E-state index contributed by atoms with van der Waals surface area (Å²) < 4.78 is 0. The highest BCUT2D eigenvalue weighted by molar-refractivity contribution is 7.98. The first-order chi connectivity index (χ1) is 12.8. The number of benzene rings is 1. The Labute approximate surface area is 167 Å². The highest BCUT2D eigenvalue weighted by atomic mass is 35.5. The number of nitrogens with zero attached hydrogens (tertiary/aromatic N) is 2. The van der Waals surface area contributed by atoms with Crippen molar-refractivity contribution >= 4 is 35.2 Å². The molecule has 2 N–H and O–H groups in total. The van der Waals surface area contributed by atoms with E-state index in [9.17, 15) is 14.7 Å². The largest absolute Gasteiger partial charge is 0.480 e. The number of amides is 1. The number of rotatable bonds is 8. The molecular weight excluding hydrogens is 386 g/mol. The normalized spacial score (nSPS) is 12.0. The quantitative estimate of drug-likeness (QED) is 0.508. The second-order valence-corrected chi connectivity index (χ2v) is 7.97. The molecule has 0 unspecified atom stereocenters. The van der Waals surface area contributed by atoms with Crippen molar-refractivity contribution in [2.24, 2.45) is 5.92 Å². The van der Waals surface area contributed by atoms with Gasteiger partial charge < -0.3 is 10.4 Å². The van der Waals surface area contributed by atoms with Gasteiger partial charge in [0.25, 0.3) is 5.91 Å². The van der Waals surface area contributed by atoms with Crippen LogP contribution >= 0.6 is 23.4 Å². The van der Waals surface area contributed by atoms with Gasteiger partial charge in [0.15, 0.2) is 10.9 Å². The maximum absolute atomic E-state index is 12.5. The first kappa shape index (κ1) is 21.2. The summed E-state index contributed by atoms with van der Waals surface area (Å²) in [5.74, 6) is -0.938. The Balaban J connectivity index is 2.11. The summed E-state index contributed by atoms with van der Waals surface area (Å²) in [6.45, 7) is 5.80. The van der Waals surface area contributed by atoms with Crippen LogP contribution in [0.4, 0.5) is 0 Å². The molecule has 0 fully saturated rings. The van der Waals surface area contributed by atoms with Crippen molar-refractivity contribution in [1.29, 1.82) is 0 Å². The Hall–Kier alpha value is -2.12. The fraction of sp³-hybridized carbons (Fsp3) is 0.368. The lowest BCUT2D eigenvalue weighted by molar-refractivity contribution is -0.139. The van der Waals surface area contributed by atoms with Gasteiger partial charge in [-0.05, 0) is 24.8 Å². The van der Waals surface area contributed by atoms with Crippen LogP contribution in [0.3, 0.4) is 0 Å². The third kappa shape index (κ3) is 6.52. The van der Waals surface area contributed by atoms with Crippen molar-refractivity contribution in [3.8, 4) is 0 Å². The molecule has 6 nitrogen and oxygen atoms in total. The molecule has 0 bridgehead atoms. The first-order valence-corrected chi connectivity index (χ1v) is 9.87. The molecule has 2 rings (SSSR count). The van der Waals surface area contributed by atoms with Crippen molar-refractivity contribution in [2.45, 2.75) is 44.1 Å². The Morgan fingerprint density at radius 1 is 1.33 bits per heavy atom. The summed E-state index contributed by atoms with van der Waals surface area (Å²) in [5.41, 5.74) is 2.26. The van der Waals surface area contributed by atoms with Crippen LogP contribution in [0.25, 0.3) is 0 Å². The van der Waals surface area contributed by atoms with E-state index in [0.717, 1.165) is 11.1 Å². The average molecular weight is 408 g/mol. The zero-order valence-electron chi connectivity index (χ0n) is 15.4. The van der Waals surface area contributed by atoms with Crippen LogP contribution in [0.1, 0.15) is 41.9 Å². The van der Waals surface area contributed by atoms with Crippen LogP contribution in [0, 0.1) is 12.8 Å². The van der Waals surface area contributed by atoms with E-state index in [2.05, 4.69) is 21.4 Å². The zero-order chi connectivity index (χ0) is 20.0. The lowest BCUT2D eigenvalue weighted by Crippen LogP contribution is -2.42. The molecule has 27 heavy (non-hydrogen) atoms. The summed E-state index contributed by atoms with van der Waals surface area (Å²) in [6.07, 6.45) is 1.68. The maximum Gasteiger partial charge on any atom is 0.326 e. The minimum absolute atomic E-state index is 0.0200. The van der Waals surface area contributed by atoms with Crippen LogP contribution in [-0.4, -0.2) is 33.0 Å². The molecular formula is C19H22ClN3O3S. The van der Waals surface area contributed by atoms with Gasteiger partial charge in [-0.25, -0.2) is 14.8 Å². The van der Waals surface area contributed by atoms with Gasteiger partial charge in [-0.1, -0.05) is 67.0 Å². The number of aliphatic carboxylic acids is 1. The first-order valence-electron chi connectivity index (χ1n) is 8.50. The number of aromatic nitrogens is 2. The van der Waals surface area contributed by atoms with Crippen LogP contribution in [-0.2, 0) is 10.5 Å². The molecule has 2 aromatic rings. The predicted octanol–water partition coefficient (Wildman–Crippen LogP) is 3.96. The van der Waals surface area contributed by atoms with E-state index < -0.39 is 17.9 Å². The lowest BCUT2D eigenvalue weighted by Gasteiger charge is -2.16. The third-order valence-electron chi connectivity index (χ3n) is 3.70. The van der Waals surface area contributed by atoms with Gasteiger partial charge in [0.1, 0.15) is 6.04 Å². The molecule has 1 amide bonds. The number of carboxylic acid groups (broad SMARTS) is 1. The molecule has 0 spiro atoms. The highest BCUT2D eigenvalue weighted by Crippen LogP contribution is 2.22. The molecule has 0 saturated carbocycles. The van der Waals surface area contributed by atoms with Gasteiger partial charge in [-0.15, -0.1) is 0 Å². The van der Waals surface area contributed by atoms with Crippen LogP contribution < -0.4 is 5.32 Å². The molecule has 1 aromatic heterocycles. The molecule has 1 aromatic carbocycles. The molecule has 8 heteroatoms. The van der Waals surface area contributed by atoms with Crippen LogP contribution in [0.2, 0.25) is 5.02 Å². The van der Waals surface area contributed by atoms with E-state index in [1.807, 2.05) is 39.0 Å². The summed E-state index contributed by atoms with van der Waals surface area (Å²) in [5, 5.41) is 12.3. The fourth-order valence-corrected chi connectivity index (χ4v) is 3.38. The van der Waals surface area contributed by atoms with Gasteiger partial charge in [0.2, 0.25) is 0 Å². The standard InChI is InChI=1S/C19H22ClN3O3S/c1-11(2)7-15(18(25)26)22-17(24)16-14(20)9-21-19(23-16)27-10-13-6-4-5-12(3)8-13/h4-6,8-9,11,15H,7,10H2,1-3H3,(H,22,24)(H,25,26)/t15-/m1/s1. The number of hydrogen-bond donors (Lipinski definition) is 2. The Kier molecular flexibility index (Phi) is 7.62. The number of carbonyl (C=O) groups excluding carboxylic acids is 1. The highest BCUT2D eigenvalue weighted by Gasteiger charge is 2.24. The molecule has 1 atom stereocenters. The summed E-state index contributed by atoms with van der Waals surface area (Å²) in [6, 6.07) is 7.08. The van der Waals surface area contributed by atoms with Crippen molar-refractivity contribution in [1.82, 2.24) is 15.3 Å². The van der Waals surface area contributed by atoms with E-state index in [1.54, 1.807) is 0 Å². The van der Waals surface area contributed by atoms with E-state index in [-0.39, 0.29) is 16.6 Å². The molecule has 0 aliphatic rings. The van der Waals surface area contributed by atoms with Gasteiger partial charge >= 0.3 is 5.97 Å². The summed E-state index contributed by atoms with van der Waals surface area (Å²) in [7, 11) is 0. The van der Waals surface area contributed by atoms with Crippen molar-refractivity contribution < 1.29 is 14.7 Å².